The minimum absolute atomic E-state index is 0.235. The lowest BCUT2D eigenvalue weighted by atomic mass is 10.0. The van der Waals surface area contributed by atoms with Gasteiger partial charge in [-0.05, 0) is 82.6 Å². The van der Waals surface area contributed by atoms with Crippen molar-refractivity contribution in [1.82, 2.24) is 0 Å². The number of rotatable bonds is 24. The standard InChI is InChI=1S/C45H62N2O4S2/c1-3-5-7-9-11-13-15-17-19-21-23-37-25-27-41-35-43(31-29-39(41)33-37)52(48,49)45(47-46)53(50,51)44-32-30-40-34-38(26-28-42(40)36-44)24-22-20-18-16-14-12-10-8-6-4-2/h25-36H,3-24H2,1-2H3. The Balaban J connectivity index is 1.33. The maximum Gasteiger partial charge on any atom is 0.504 e. The van der Waals surface area contributed by atoms with E-state index in [1.54, 1.807) is 12.1 Å². The second-order valence-electron chi connectivity index (χ2n) is 14.9. The second kappa shape index (κ2) is 22.2. The highest BCUT2D eigenvalue weighted by molar-refractivity contribution is 8.31. The summed E-state index contributed by atoms with van der Waals surface area (Å²) in [6.07, 6.45) is 27.6. The average Bonchev–Trinajstić information content (AvgIpc) is 3.15. The van der Waals surface area contributed by atoms with E-state index in [0.717, 1.165) is 36.5 Å². The van der Waals surface area contributed by atoms with Crippen LogP contribution in [0.5, 0.6) is 0 Å². The van der Waals surface area contributed by atoms with Gasteiger partial charge in [-0.3, -0.25) is 0 Å². The van der Waals surface area contributed by atoms with Crippen molar-refractivity contribution in [3.63, 3.8) is 0 Å². The number of nitrogens with zero attached hydrogens (tertiary/aromatic N) is 2. The third-order valence-electron chi connectivity index (χ3n) is 10.6. The highest BCUT2D eigenvalue weighted by Gasteiger charge is 2.44. The molecule has 0 fully saturated rings. The summed E-state index contributed by atoms with van der Waals surface area (Å²) in [6.45, 7) is 4.49. The SMILES string of the molecule is CCCCCCCCCCCCc1ccc2cc(S(=O)(=O)C(=[N+]=[N-])S(=O)(=O)c3ccc4cc(CCCCCCCCCCCC)ccc4c3)ccc2c1. The van der Waals surface area contributed by atoms with E-state index in [1.165, 1.54) is 151 Å². The van der Waals surface area contributed by atoms with E-state index in [1.807, 2.05) is 24.3 Å². The summed E-state index contributed by atoms with van der Waals surface area (Å²) in [5, 5.41) is 3.10. The number of hydrogen-bond acceptors (Lipinski definition) is 4. The molecule has 0 atom stereocenters. The minimum atomic E-state index is -4.66. The summed E-state index contributed by atoms with van der Waals surface area (Å²) in [6, 6.07) is 20.9. The van der Waals surface area contributed by atoms with Crippen LogP contribution < -0.4 is 0 Å². The van der Waals surface area contributed by atoms with E-state index in [2.05, 4.69) is 30.8 Å². The quantitative estimate of drug-likeness (QED) is 0.0233. The summed E-state index contributed by atoms with van der Waals surface area (Å²) in [5.74, 6) is 0. The van der Waals surface area contributed by atoms with Gasteiger partial charge in [0.15, 0.2) is 0 Å². The lowest BCUT2D eigenvalue weighted by Gasteiger charge is -2.08. The Hall–Kier alpha value is -3.32. The number of fused-ring (bicyclic) bond motifs is 2. The Morgan fingerprint density at radius 3 is 1.08 bits per heavy atom. The van der Waals surface area contributed by atoms with Crippen LogP contribution in [0.15, 0.2) is 82.6 Å². The predicted octanol–water partition coefficient (Wildman–Crippen LogP) is 12.8. The first-order valence-electron chi connectivity index (χ1n) is 20.5. The molecule has 0 bridgehead atoms. The van der Waals surface area contributed by atoms with Gasteiger partial charge in [-0.1, -0.05) is 178 Å². The molecule has 0 radical (unpaired) electrons. The first-order valence-corrected chi connectivity index (χ1v) is 23.4. The first-order chi connectivity index (χ1) is 25.7. The highest BCUT2D eigenvalue weighted by atomic mass is 32.3. The van der Waals surface area contributed by atoms with Crippen LogP contribution in [0.4, 0.5) is 0 Å². The molecule has 0 saturated carbocycles. The average molecular weight is 759 g/mol. The number of sulfone groups is 2. The van der Waals surface area contributed by atoms with E-state index in [4.69, 9.17) is 0 Å². The minimum Gasteiger partial charge on any atom is -0.359 e. The molecule has 0 aliphatic carbocycles. The molecule has 4 rings (SSSR count). The zero-order valence-electron chi connectivity index (χ0n) is 32.3. The fraction of sp³-hybridized carbons (Fsp3) is 0.533. The van der Waals surface area contributed by atoms with Gasteiger partial charge < -0.3 is 5.53 Å². The number of unbranched alkanes of at least 4 members (excludes halogenated alkanes) is 18. The summed E-state index contributed by atoms with van der Waals surface area (Å²) < 4.78 is 53.5. The molecule has 4 aromatic carbocycles. The third kappa shape index (κ3) is 12.9. The van der Waals surface area contributed by atoms with Gasteiger partial charge in [-0.15, -0.1) is 4.79 Å². The lowest BCUT2D eigenvalue weighted by molar-refractivity contribution is 0.00380. The van der Waals surface area contributed by atoms with Crippen LogP contribution in [0.1, 0.15) is 153 Å². The summed E-state index contributed by atoms with van der Waals surface area (Å²) in [5.41, 5.74) is 12.2. The Labute approximate surface area is 320 Å². The van der Waals surface area contributed by atoms with Crippen molar-refractivity contribution in [2.75, 3.05) is 0 Å². The van der Waals surface area contributed by atoms with E-state index in [-0.39, 0.29) is 9.79 Å². The molecule has 0 amide bonds. The Bertz CT molecular complexity index is 1880. The highest BCUT2D eigenvalue weighted by Crippen LogP contribution is 2.28. The third-order valence-corrected chi connectivity index (χ3v) is 14.7. The predicted molar refractivity (Wildman–Crippen MR) is 222 cm³/mol. The zero-order valence-corrected chi connectivity index (χ0v) is 34.0. The van der Waals surface area contributed by atoms with Crippen molar-refractivity contribution in [1.29, 1.82) is 0 Å². The number of benzene rings is 4. The van der Waals surface area contributed by atoms with E-state index < -0.39 is 24.1 Å². The van der Waals surface area contributed by atoms with Crippen LogP contribution >= 0.6 is 0 Å². The summed E-state index contributed by atoms with van der Waals surface area (Å²) in [4.78, 5) is 2.40. The summed E-state index contributed by atoms with van der Waals surface area (Å²) in [7, 11) is -9.33. The molecular formula is C45H62N2O4S2. The normalized spacial score (nSPS) is 12.0. The van der Waals surface area contributed by atoms with Crippen LogP contribution in [0.2, 0.25) is 0 Å². The lowest BCUT2D eigenvalue weighted by Crippen LogP contribution is -2.26. The maximum atomic E-state index is 13.7. The fourth-order valence-corrected chi connectivity index (χ4v) is 10.7. The smallest absolute Gasteiger partial charge is 0.359 e. The number of aryl methyl sites for hydroxylation is 2. The molecule has 0 aliphatic rings. The Kier molecular flexibility index (Phi) is 17.7. The molecule has 0 saturated heterocycles. The van der Waals surface area contributed by atoms with Crippen molar-refractivity contribution in [3.05, 3.63) is 89.5 Å². The van der Waals surface area contributed by atoms with Crippen molar-refractivity contribution in [2.45, 2.75) is 165 Å². The second-order valence-corrected chi connectivity index (χ2v) is 18.9. The van der Waals surface area contributed by atoms with Gasteiger partial charge >= 0.3 is 4.38 Å². The molecular weight excluding hydrogens is 697 g/mol. The van der Waals surface area contributed by atoms with E-state index >= 15 is 0 Å². The van der Waals surface area contributed by atoms with Crippen LogP contribution in [-0.4, -0.2) is 26.0 Å². The van der Waals surface area contributed by atoms with Crippen molar-refractivity contribution in [3.8, 4) is 0 Å². The van der Waals surface area contributed by atoms with Crippen molar-refractivity contribution in [2.24, 2.45) is 0 Å². The maximum absolute atomic E-state index is 13.7. The van der Waals surface area contributed by atoms with E-state index in [0.29, 0.717) is 10.8 Å². The fourth-order valence-electron chi connectivity index (χ4n) is 7.28. The van der Waals surface area contributed by atoms with Gasteiger partial charge in [0.2, 0.25) is 0 Å². The van der Waals surface area contributed by atoms with Gasteiger partial charge in [0.1, 0.15) is 0 Å². The number of hydrogen-bond donors (Lipinski definition) is 0. The molecule has 0 aromatic heterocycles. The van der Waals surface area contributed by atoms with Crippen molar-refractivity contribution >= 4 is 45.6 Å². The molecule has 0 unspecified atom stereocenters. The molecule has 0 aliphatic heterocycles. The van der Waals surface area contributed by atoms with Crippen LogP contribution in [0.3, 0.4) is 0 Å². The molecule has 4 aromatic rings. The molecule has 288 valence electrons. The van der Waals surface area contributed by atoms with Gasteiger partial charge in [-0.25, -0.2) is 16.8 Å². The first kappa shape index (κ1) is 42.4. The van der Waals surface area contributed by atoms with Crippen LogP contribution in [-0.2, 0) is 32.5 Å². The van der Waals surface area contributed by atoms with Crippen LogP contribution in [0, 0.1) is 0 Å². The zero-order chi connectivity index (χ0) is 37.9. The monoisotopic (exact) mass is 758 g/mol. The molecule has 0 spiro atoms. The molecule has 0 heterocycles. The molecule has 6 nitrogen and oxygen atoms in total. The largest absolute Gasteiger partial charge is 0.504 e. The van der Waals surface area contributed by atoms with E-state index in [9.17, 15) is 22.4 Å². The topological polar surface area (TPSA) is 105 Å². The van der Waals surface area contributed by atoms with Gasteiger partial charge in [0.05, 0.1) is 9.79 Å². The van der Waals surface area contributed by atoms with Gasteiger partial charge in [0.25, 0.3) is 19.7 Å². The van der Waals surface area contributed by atoms with Gasteiger partial charge in [0, 0.05) is 0 Å². The van der Waals surface area contributed by atoms with Crippen LogP contribution in [0.25, 0.3) is 27.1 Å². The molecule has 0 N–H and O–H groups in total. The van der Waals surface area contributed by atoms with Crippen molar-refractivity contribution < 1.29 is 21.6 Å². The summed E-state index contributed by atoms with van der Waals surface area (Å²) >= 11 is 0. The van der Waals surface area contributed by atoms with Gasteiger partial charge in [-0.2, -0.15) is 0 Å². The molecule has 8 heteroatoms. The Morgan fingerprint density at radius 1 is 0.434 bits per heavy atom. The Morgan fingerprint density at radius 2 is 0.736 bits per heavy atom. The molecule has 53 heavy (non-hydrogen) atoms.